The highest BCUT2D eigenvalue weighted by molar-refractivity contribution is 5.76. The van der Waals surface area contributed by atoms with Crippen LogP contribution in [0.4, 0.5) is 0 Å². The Balaban J connectivity index is 2.55. The van der Waals surface area contributed by atoms with Crippen LogP contribution in [-0.4, -0.2) is 36.4 Å². The summed E-state index contributed by atoms with van der Waals surface area (Å²) in [6, 6.07) is 0. The number of rotatable bonds is 3. The van der Waals surface area contributed by atoms with Gasteiger partial charge < -0.3 is 4.48 Å². The third-order valence-electron chi connectivity index (χ3n) is 3.42. The van der Waals surface area contributed by atoms with Gasteiger partial charge in [0.1, 0.15) is 6.54 Å². The summed E-state index contributed by atoms with van der Waals surface area (Å²) in [6.07, 6.45) is 2.59. The van der Waals surface area contributed by atoms with Crippen molar-refractivity contribution in [3.63, 3.8) is 0 Å². The fourth-order valence-electron chi connectivity index (χ4n) is 2.30. The van der Waals surface area contributed by atoms with E-state index in [1.54, 1.807) is 6.92 Å². The van der Waals surface area contributed by atoms with Crippen molar-refractivity contribution in [1.29, 1.82) is 0 Å². The first-order valence-electron chi connectivity index (χ1n) is 5.42. The van der Waals surface area contributed by atoms with Crippen LogP contribution in [0.1, 0.15) is 33.6 Å². The summed E-state index contributed by atoms with van der Waals surface area (Å²) in [5, 5.41) is 0. The van der Waals surface area contributed by atoms with Crippen LogP contribution in [0.25, 0.3) is 0 Å². The quantitative estimate of drug-likeness (QED) is 0.612. The molecule has 0 saturated carbocycles. The zero-order chi connectivity index (χ0) is 9.90. The summed E-state index contributed by atoms with van der Waals surface area (Å²) in [5.74, 6) is 1.21. The van der Waals surface area contributed by atoms with Gasteiger partial charge in [0.05, 0.1) is 19.6 Å². The molecule has 0 aromatic carbocycles. The van der Waals surface area contributed by atoms with Crippen molar-refractivity contribution >= 4 is 5.78 Å². The van der Waals surface area contributed by atoms with E-state index < -0.39 is 0 Å². The number of ketones is 1. The van der Waals surface area contributed by atoms with Gasteiger partial charge in [-0.3, -0.25) is 4.79 Å². The minimum Gasteiger partial charge on any atom is -0.318 e. The van der Waals surface area contributed by atoms with Crippen molar-refractivity contribution in [3.05, 3.63) is 0 Å². The van der Waals surface area contributed by atoms with Crippen LogP contribution in [0.5, 0.6) is 0 Å². The second-order valence-electron chi connectivity index (χ2n) is 4.65. The number of likely N-dealkylation sites (tertiary alicyclic amines) is 1. The Hall–Kier alpha value is -0.370. The van der Waals surface area contributed by atoms with Gasteiger partial charge in [0.25, 0.3) is 0 Å². The fourth-order valence-corrected chi connectivity index (χ4v) is 2.30. The Bertz CT molecular complexity index is 181. The van der Waals surface area contributed by atoms with E-state index in [1.807, 2.05) is 0 Å². The molecule has 2 nitrogen and oxygen atoms in total. The number of hydrogen-bond donors (Lipinski definition) is 0. The predicted molar refractivity (Wildman–Crippen MR) is 54.5 cm³/mol. The Morgan fingerprint density at radius 1 is 1.38 bits per heavy atom. The first-order valence-corrected chi connectivity index (χ1v) is 5.42. The molecule has 1 saturated heterocycles. The minimum atomic E-state index is 0.344. The van der Waals surface area contributed by atoms with Crippen LogP contribution in [0.2, 0.25) is 0 Å². The van der Waals surface area contributed by atoms with Crippen LogP contribution in [0, 0.1) is 5.92 Å². The Kier molecular flexibility index (Phi) is 3.48. The molecular formula is C11H22NO+. The second-order valence-corrected chi connectivity index (χ2v) is 4.65. The van der Waals surface area contributed by atoms with E-state index in [1.165, 1.54) is 25.9 Å². The summed E-state index contributed by atoms with van der Waals surface area (Å²) >= 11 is 0. The maximum absolute atomic E-state index is 11.1. The zero-order valence-electron chi connectivity index (χ0n) is 9.18. The molecule has 0 bridgehead atoms. The van der Waals surface area contributed by atoms with Gasteiger partial charge in [-0.05, 0) is 25.7 Å². The molecule has 1 rings (SSSR count). The van der Waals surface area contributed by atoms with Crippen molar-refractivity contribution in [2.45, 2.75) is 33.6 Å². The van der Waals surface area contributed by atoms with Crippen molar-refractivity contribution in [3.8, 4) is 0 Å². The highest BCUT2D eigenvalue weighted by Crippen LogP contribution is 2.22. The summed E-state index contributed by atoms with van der Waals surface area (Å²) in [4.78, 5) is 11.1. The number of nitrogens with zero attached hydrogens (tertiary/aromatic N) is 1. The Morgan fingerprint density at radius 2 is 1.92 bits per heavy atom. The largest absolute Gasteiger partial charge is 0.318 e. The smallest absolute Gasteiger partial charge is 0.183 e. The molecule has 0 amide bonds. The van der Waals surface area contributed by atoms with Gasteiger partial charge in [-0.15, -0.1) is 0 Å². The molecule has 0 aromatic rings. The molecule has 1 heterocycles. The molecule has 0 radical (unpaired) electrons. The molecule has 1 fully saturated rings. The molecule has 0 aliphatic carbocycles. The SMILES string of the molecule is CC[N+]1(CC(C)=O)CCC(C)CC1. The molecule has 0 N–H and O–H groups in total. The van der Waals surface area contributed by atoms with Crippen molar-refractivity contribution in [1.82, 2.24) is 0 Å². The highest BCUT2D eigenvalue weighted by atomic mass is 16.1. The molecule has 13 heavy (non-hydrogen) atoms. The van der Waals surface area contributed by atoms with E-state index in [0.29, 0.717) is 5.78 Å². The lowest BCUT2D eigenvalue weighted by Crippen LogP contribution is -2.54. The standard InChI is InChI=1S/C11H22NO/c1-4-12(9-11(3)13)7-5-10(2)6-8-12/h10H,4-9H2,1-3H3/q+1. The normalized spacial score (nSPS) is 34.5. The summed E-state index contributed by atoms with van der Waals surface area (Å²) in [7, 11) is 0. The number of quaternary nitrogens is 1. The number of piperidine rings is 1. The van der Waals surface area contributed by atoms with Crippen LogP contribution >= 0.6 is 0 Å². The lowest BCUT2D eigenvalue weighted by Gasteiger charge is -2.41. The minimum absolute atomic E-state index is 0.344. The number of Topliss-reactive ketones (excluding diaryl/α,β-unsaturated/α-hetero) is 1. The number of likely N-dealkylation sites (N-methyl/N-ethyl adjacent to an activating group) is 1. The average Bonchev–Trinajstić information content (AvgIpc) is 2.09. The van der Waals surface area contributed by atoms with Gasteiger partial charge in [-0.1, -0.05) is 6.92 Å². The third kappa shape index (κ3) is 2.80. The van der Waals surface area contributed by atoms with E-state index in [0.717, 1.165) is 23.5 Å². The van der Waals surface area contributed by atoms with Crippen molar-refractivity contribution < 1.29 is 9.28 Å². The number of carbonyl (C=O) groups excluding carboxylic acids is 1. The van der Waals surface area contributed by atoms with Crippen LogP contribution < -0.4 is 0 Å². The van der Waals surface area contributed by atoms with E-state index in [-0.39, 0.29) is 0 Å². The number of hydrogen-bond acceptors (Lipinski definition) is 1. The zero-order valence-corrected chi connectivity index (χ0v) is 9.18. The molecule has 2 heteroatoms. The molecule has 0 aromatic heterocycles. The summed E-state index contributed by atoms with van der Waals surface area (Å²) in [5.41, 5.74) is 0. The van der Waals surface area contributed by atoms with Crippen molar-refractivity contribution in [2.75, 3.05) is 26.2 Å². The van der Waals surface area contributed by atoms with Crippen LogP contribution in [0.15, 0.2) is 0 Å². The van der Waals surface area contributed by atoms with Crippen LogP contribution in [-0.2, 0) is 4.79 Å². The monoisotopic (exact) mass is 184 g/mol. The fraction of sp³-hybridized carbons (Fsp3) is 0.909. The molecule has 1 aliphatic heterocycles. The number of carbonyl (C=O) groups is 1. The van der Waals surface area contributed by atoms with Gasteiger partial charge in [0.15, 0.2) is 5.78 Å². The molecule has 1 aliphatic rings. The van der Waals surface area contributed by atoms with Crippen LogP contribution in [0.3, 0.4) is 0 Å². The molecule has 0 unspecified atom stereocenters. The Labute approximate surface area is 81.5 Å². The van der Waals surface area contributed by atoms with Gasteiger partial charge in [0.2, 0.25) is 0 Å². The maximum Gasteiger partial charge on any atom is 0.183 e. The van der Waals surface area contributed by atoms with E-state index >= 15 is 0 Å². The third-order valence-corrected chi connectivity index (χ3v) is 3.42. The first kappa shape index (κ1) is 10.7. The van der Waals surface area contributed by atoms with E-state index in [4.69, 9.17) is 0 Å². The molecule has 76 valence electrons. The average molecular weight is 184 g/mol. The first-order chi connectivity index (χ1) is 6.08. The lowest BCUT2D eigenvalue weighted by atomic mass is 9.96. The summed E-state index contributed by atoms with van der Waals surface area (Å²) < 4.78 is 1.04. The topological polar surface area (TPSA) is 17.1 Å². The van der Waals surface area contributed by atoms with Gasteiger partial charge in [-0.25, -0.2) is 0 Å². The Morgan fingerprint density at radius 3 is 2.31 bits per heavy atom. The van der Waals surface area contributed by atoms with Gasteiger partial charge in [0, 0.05) is 6.92 Å². The molecule has 0 spiro atoms. The second kappa shape index (κ2) is 4.23. The van der Waals surface area contributed by atoms with Gasteiger partial charge in [-0.2, -0.15) is 0 Å². The predicted octanol–water partition coefficient (Wildman–Crippen LogP) is 1.84. The maximum atomic E-state index is 11.1. The highest BCUT2D eigenvalue weighted by Gasteiger charge is 2.31. The molecule has 0 atom stereocenters. The lowest BCUT2D eigenvalue weighted by molar-refractivity contribution is -0.924. The van der Waals surface area contributed by atoms with Gasteiger partial charge >= 0.3 is 0 Å². The van der Waals surface area contributed by atoms with E-state index in [2.05, 4.69) is 13.8 Å². The van der Waals surface area contributed by atoms with E-state index in [9.17, 15) is 4.79 Å². The van der Waals surface area contributed by atoms with Crippen molar-refractivity contribution in [2.24, 2.45) is 5.92 Å². The summed E-state index contributed by atoms with van der Waals surface area (Å²) in [6.45, 7) is 10.5. The molecular weight excluding hydrogens is 162 g/mol.